The first-order chi connectivity index (χ1) is 10.2. The highest BCUT2D eigenvalue weighted by Crippen LogP contribution is 2.27. The van der Waals surface area contributed by atoms with Crippen LogP contribution in [0.2, 0.25) is 0 Å². The van der Waals surface area contributed by atoms with Gasteiger partial charge in [-0.2, -0.15) is 0 Å². The molecule has 2 aromatic rings. The van der Waals surface area contributed by atoms with Crippen molar-refractivity contribution in [3.63, 3.8) is 0 Å². The minimum atomic E-state index is -0.118. The molecular formula is C16H16N4O. The quantitative estimate of drug-likeness (QED) is 0.826. The number of fused-ring (bicyclic) bond motifs is 3. The maximum Gasteiger partial charge on any atom is 0.271 e. The third kappa shape index (κ3) is 1.99. The summed E-state index contributed by atoms with van der Waals surface area (Å²) in [4.78, 5) is 19.0. The molecule has 0 aromatic carbocycles. The molecular weight excluding hydrogens is 264 g/mol. The number of hydrogen-bond donors (Lipinski definition) is 1. The number of rotatable bonds is 2. The Kier molecular flexibility index (Phi) is 2.72. The van der Waals surface area contributed by atoms with Gasteiger partial charge in [0.05, 0.1) is 17.4 Å². The first-order valence-corrected chi connectivity index (χ1v) is 7.21. The first kappa shape index (κ1) is 12.4. The minimum absolute atomic E-state index is 0.118. The van der Waals surface area contributed by atoms with Crippen LogP contribution in [-0.4, -0.2) is 45.9 Å². The molecule has 0 radical (unpaired) electrons. The molecule has 0 aliphatic carbocycles. The second-order valence-corrected chi connectivity index (χ2v) is 5.82. The summed E-state index contributed by atoms with van der Waals surface area (Å²) < 4.78 is 1.83. The van der Waals surface area contributed by atoms with Crippen molar-refractivity contribution in [2.45, 2.75) is 12.5 Å². The van der Waals surface area contributed by atoms with E-state index < -0.39 is 0 Å². The summed E-state index contributed by atoms with van der Waals surface area (Å²) in [7, 11) is 0. The summed E-state index contributed by atoms with van der Waals surface area (Å²) in [5.74, 6) is 3.08. The lowest BCUT2D eigenvalue weighted by Gasteiger charge is -2.22. The lowest BCUT2D eigenvalue weighted by Crippen LogP contribution is -2.43. The number of carbonyl (C=O) groups excluding carboxylic acids is 1. The average molecular weight is 280 g/mol. The van der Waals surface area contributed by atoms with E-state index in [0.717, 1.165) is 30.8 Å². The number of carbonyl (C=O) groups is 1. The minimum Gasteiger partial charge on any atom is -0.346 e. The molecule has 0 saturated carbocycles. The number of terminal acetylenes is 1. The van der Waals surface area contributed by atoms with Crippen LogP contribution in [-0.2, 0) is 0 Å². The van der Waals surface area contributed by atoms with Crippen molar-refractivity contribution in [2.24, 2.45) is 5.92 Å². The molecule has 21 heavy (non-hydrogen) atoms. The van der Waals surface area contributed by atoms with E-state index >= 15 is 0 Å². The Morgan fingerprint density at radius 3 is 3.05 bits per heavy atom. The highest BCUT2D eigenvalue weighted by Gasteiger charge is 2.38. The Balaban J connectivity index is 1.58. The third-order valence-electron chi connectivity index (χ3n) is 4.57. The Morgan fingerprint density at radius 2 is 2.33 bits per heavy atom. The van der Waals surface area contributed by atoms with Crippen LogP contribution in [0.4, 0.5) is 0 Å². The molecule has 1 N–H and O–H groups in total. The Hall–Kier alpha value is -2.32. The normalized spacial score (nSPS) is 26.9. The van der Waals surface area contributed by atoms with Crippen LogP contribution in [0, 0.1) is 18.3 Å². The number of nitrogens with one attached hydrogen (secondary N) is 1. The van der Waals surface area contributed by atoms with E-state index in [9.17, 15) is 4.79 Å². The van der Waals surface area contributed by atoms with Gasteiger partial charge in [0.15, 0.2) is 0 Å². The van der Waals surface area contributed by atoms with Crippen LogP contribution in [0.3, 0.4) is 0 Å². The monoisotopic (exact) mass is 280 g/mol. The Bertz CT molecular complexity index is 757. The number of amides is 1. The van der Waals surface area contributed by atoms with Gasteiger partial charge in [-0.3, -0.25) is 4.79 Å². The van der Waals surface area contributed by atoms with Crippen molar-refractivity contribution in [3.05, 3.63) is 35.9 Å². The molecule has 2 bridgehead atoms. The van der Waals surface area contributed by atoms with Crippen LogP contribution in [0.25, 0.3) is 5.52 Å². The van der Waals surface area contributed by atoms with Crippen LogP contribution < -0.4 is 5.32 Å². The average Bonchev–Trinajstić information content (AvgIpc) is 3.21. The van der Waals surface area contributed by atoms with E-state index in [-0.39, 0.29) is 11.9 Å². The van der Waals surface area contributed by atoms with Crippen molar-refractivity contribution in [3.8, 4) is 12.3 Å². The van der Waals surface area contributed by atoms with Gasteiger partial charge in [-0.15, -0.1) is 6.42 Å². The summed E-state index contributed by atoms with van der Waals surface area (Å²) in [6.07, 6.45) is 10.0. The predicted molar refractivity (Wildman–Crippen MR) is 78.9 cm³/mol. The van der Waals surface area contributed by atoms with Crippen LogP contribution in [0.15, 0.2) is 24.5 Å². The smallest absolute Gasteiger partial charge is 0.271 e. The first-order valence-electron chi connectivity index (χ1n) is 7.21. The van der Waals surface area contributed by atoms with Gasteiger partial charge in [0.25, 0.3) is 5.91 Å². The van der Waals surface area contributed by atoms with Crippen molar-refractivity contribution in [1.29, 1.82) is 0 Å². The fraction of sp³-hybridized carbons (Fsp3) is 0.375. The lowest BCUT2D eigenvalue weighted by atomic mass is 10.00. The zero-order valence-corrected chi connectivity index (χ0v) is 11.6. The van der Waals surface area contributed by atoms with E-state index in [2.05, 4.69) is 21.1 Å². The van der Waals surface area contributed by atoms with Crippen molar-refractivity contribution < 1.29 is 4.79 Å². The SMILES string of the molecule is C#Cc1ccc2cnc(C(=O)NC3CN4CC[C@H]3C4)cn12. The van der Waals surface area contributed by atoms with Gasteiger partial charge < -0.3 is 14.6 Å². The summed E-state index contributed by atoms with van der Waals surface area (Å²) in [5, 5.41) is 3.11. The zero-order valence-electron chi connectivity index (χ0n) is 11.6. The molecule has 2 aliphatic rings. The van der Waals surface area contributed by atoms with E-state index in [0.29, 0.717) is 11.6 Å². The molecule has 106 valence electrons. The molecule has 5 heteroatoms. The maximum atomic E-state index is 12.4. The van der Waals surface area contributed by atoms with Gasteiger partial charge in [-0.1, -0.05) is 5.92 Å². The Morgan fingerprint density at radius 1 is 1.43 bits per heavy atom. The van der Waals surface area contributed by atoms with Crippen LogP contribution >= 0.6 is 0 Å². The highest BCUT2D eigenvalue weighted by molar-refractivity contribution is 5.92. The second-order valence-electron chi connectivity index (χ2n) is 5.82. The Labute approximate surface area is 123 Å². The standard InChI is InChI=1S/C16H16N4O/c1-2-12-3-4-13-7-17-15(10-20(12)13)16(21)18-14-9-19-6-5-11(14)8-19/h1,3-4,7,10-11,14H,5-6,8-9H2,(H,18,21)/t11-,14?/m0/s1. The van der Waals surface area contributed by atoms with Gasteiger partial charge in [0.2, 0.25) is 0 Å². The number of aromatic nitrogens is 2. The zero-order chi connectivity index (χ0) is 14.4. The summed E-state index contributed by atoms with van der Waals surface area (Å²) in [6.45, 7) is 3.23. The van der Waals surface area contributed by atoms with Crippen LogP contribution in [0.1, 0.15) is 22.6 Å². The van der Waals surface area contributed by atoms with Crippen molar-refractivity contribution >= 4 is 11.4 Å². The number of nitrogens with zero attached hydrogens (tertiary/aromatic N) is 3. The van der Waals surface area contributed by atoms with Gasteiger partial charge >= 0.3 is 0 Å². The van der Waals surface area contributed by atoms with E-state index in [1.165, 1.54) is 6.42 Å². The summed E-state index contributed by atoms with van der Waals surface area (Å²) >= 11 is 0. The van der Waals surface area contributed by atoms with Gasteiger partial charge in [0, 0.05) is 25.3 Å². The second kappa shape index (κ2) is 4.61. The largest absolute Gasteiger partial charge is 0.346 e. The predicted octanol–water partition coefficient (Wildman–Crippen LogP) is 0.750. The highest BCUT2D eigenvalue weighted by atomic mass is 16.2. The maximum absolute atomic E-state index is 12.4. The van der Waals surface area contributed by atoms with Gasteiger partial charge in [-0.05, 0) is 31.0 Å². The molecule has 1 amide bonds. The third-order valence-corrected chi connectivity index (χ3v) is 4.57. The number of hydrogen-bond acceptors (Lipinski definition) is 3. The molecule has 5 nitrogen and oxygen atoms in total. The van der Waals surface area contributed by atoms with E-state index in [4.69, 9.17) is 6.42 Å². The van der Waals surface area contributed by atoms with Gasteiger partial charge in [0.1, 0.15) is 5.69 Å². The summed E-state index contributed by atoms with van der Waals surface area (Å²) in [6, 6.07) is 4.00. The molecule has 3 atom stereocenters. The number of piperidine rings is 1. The van der Waals surface area contributed by atoms with E-state index in [1.54, 1.807) is 12.4 Å². The fourth-order valence-electron chi connectivity index (χ4n) is 3.43. The van der Waals surface area contributed by atoms with Crippen molar-refractivity contribution in [1.82, 2.24) is 19.6 Å². The van der Waals surface area contributed by atoms with Crippen LogP contribution in [0.5, 0.6) is 0 Å². The van der Waals surface area contributed by atoms with E-state index in [1.807, 2.05) is 16.5 Å². The molecule has 4 heterocycles. The molecule has 0 spiro atoms. The molecule has 2 saturated heterocycles. The topological polar surface area (TPSA) is 49.6 Å². The lowest BCUT2D eigenvalue weighted by molar-refractivity contribution is 0.0919. The van der Waals surface area contributed by atoms with Gasteiger partial charge in [-0.25, -0.2) is 4.98 Å². The molecule has 2 aliphatic heterocycles. The summed E-state index contributed by atoms with van der Waals surface area (Å²) in [5.41, 5.74) is 2.03. The molecule has 2 unspecified atom stereocenters. The molecule has 4 rings (SSSR count). The molecule has 2 aromatic heterocycles. The fourth-order valence-corrected chi connectivity index (χ4v) is 3.43. The molecule has 2 fully saturated rings. The van der Waals surface area contributed by atoms with Crippen molar-refractivity contribution in [2.75, 3.05) is 19.6 Å².